The van der Waals surface area contributed by atoms with Crippen LogP contribution in [0, 0.1) is 5.82 Å². The van der Waals surface area contributed by atoms with Crippen LogP contribution >= 0.6 is 0 Å². The molecule has 1 aliphatic rings. The van der Waals surface area contributed by atoms with Crippen molar-refractivity contribution in [3.8, 4) is 5.75 Å². The molecule has 0 saturated heterocycles. The molecule has 0 unspecified atom stereocenters. The van der Waals surface area contributed by atoms with E-state index in [2.05, 4.69) is 0 Å². The maximum Gasteiger partial charge on any atom is 0.419 e. The Labute approximate surface area is 160 Å². The molecule has 0 spiro atoms. The average molecular weight is 397 g/mol. The molecule has 2 atom stereocenters. The fourth-order valence-corrected chi connectivity index (χ4v) is 3.65. The molecule has 3 rings (SSSR count). The van der Waals surface area contributed by atoms with Crippen LogP contribution in [0.25, 0.3) is 0 Å². The summed E-state index contributed by atoms with van der Waals surface area (Å²) < 4.78 is 64.7. The highest BCUT2D eigenvalue weighted by Gasteiger charge is 2.40. The van der Waals surface area contributed by atoms with Crippen LogP contribution < -0.4 is 4.74 Å². The van der Waals surface area contributed by atoms with E-state index in [1.807, 2.05) is 6.92 Å². The molecule has 0 aliphatic heterocycles. The number of fused-ring (bicyclic) bond motifs is 1. The highest BCUT2D eigenvalue weighted by molar-refractivity contribution is 5.43. The van der Waals surface area contributed by atoms with Gasteiger partial charge >= 0.3 is 6.18 Å². The first-order chi connectivity index (χ1) is 13.3. The van der Waals surface area contributed by atoms with E-state index in [9.17, 15) is 22.7 Å². The number of alkyl halides is 3. The minimum atomic E-state index is -4.73. The lowest BCUT2D eigenvalue weighted by atomic mass is 10.0. The summed E-state index contributed by atoms with van der Waals surface area (Å²) >= 11 is 0. The second kappa shape index (κ2) is 8.49. The molecule has 0 amide bonds. The van der Waals surface area contributed by atoms with Gasteiger partial charge in [0, 0.05) is 13.0 Å². The minimum absolute atomic E-state index is 0.0269. The number of hydrogen-bond donors (Lipinski definition) is 0. The van der Waals surface area contributed by atoms with Gasteiger partial charge in [-0.3, -0.25) is 0 Å². The molecule has 28 heavy (non-hydrogen) atoms. The molecule has 0 aromatic heterocycles. The maximum atomic E-state index is 13.7. The standard InChI is InChI=1S/C21H21F4O3/c1-2-27-18(11-12-26)13-3-5-14(6-4-13)28-19-10-8-16-15(19)7-9-17(22)20(16)21(23,24)25/h3-7,9,18-19H,2,8,10-12H2,1H3/t18-,19+/m0/s1. The van der Waals surface area contributed by atoms with Gasteiger partial charge in [-0.1, -0.05) is 18.2 Å². The maximum absolute atomic E-state index is 13.7. The van der Waals surface area contributed by atoms with Gasteiger partial charge in [0.1, 0.15) is 17.7 Å². The van der Waals surface area contributed by atoms with Crippen LogP contribution in [0.2, 0.25) is 0 Å². The summed E-state index contributed by atoms with van der Waals surface area (Å²) in [5.41, 5.74) is -0.000701. The van der Waals surface area contributed by atoms with Crippen molar-refractivity contribution in [2.24, 2.45) is 0 Å². The summed E-state index contributed by atoms with van der Waals surface area (Å²) in [5, 5.41) is 10.9. The van der Waals surface area contributed by atoms with Gasteiger partial charge in [0.15, 0.2) is 0 Å². The fourth-order valence-electron chi connectivity index (χ4n) is 3.65. The molecule has 0 heterocycles. The van der Waals surface area contributed by atoms with Gasteiger partial charge in [-0.05, 0) is 54.7 Å². The SMILES string of the molecule is CCO[C@@H](CC[O])c1ccc(O[C@@H]2CCc3c2ccc(F)c3C(F)(F)F)cc1. The Morgan fingerprint density at radius 3 is 2.46 bits per heavy atom. The molecular weight excluding hydrogens is 376 g/mol. The first-order valence-corrected chi connectivity index (χ1v) is 9.20. The Balaban J connectivity index is 1.78. The summed E-state index contributed by atoms with van der Waals surface area (Å²) in [6.45, 7) is 2.09. The lowest BCUT2D eigenvalue weighted by molar-refractivity contribution is -0.140. The second-order valence-electron chi connectivity index (χ2n) is 6.64. The van der Waals surface area contributed by atoms with E-state index < -0.39 is 23.7 Å². The number of ether oxygens (including phenoxy) is 2. The molecule has 7 heteroatoms. The second-order valence-corrected chi connectivity index (χ2v) is 6.64. The Hall–Kier alpha value is -2.12. The molecule has 2 aromatic carbocycles. The summed E-state index contributed by atoms with van der Waals surface area (Å²) in [4.78, 5) is 0. The first kappa shape index (κ1) is 20.6. The van der Waals surface area contributed by atoms with E-state index in [0.717, 1.165) is 11.6 Å². The van der Waals surface area contributed by atoms with Crippen molar-refractivity contribution >= 4 is 0 Å². The molecule has 0 fully saturated rings. The van der Waals surface area contributed by atoms with Crippen molar-refractivity contribution in [3.63, 3.8) is 0 Å². The average Bonchev–Trinajstić information content (AvgIpc) is 3.03. The predicted molar refractivity (Wildman–Crippen MR) is 94.1 cm³/mol. The molecule has 0 N–H and O–H groups in total. The molecular formula is C21H21F4O3. The largest absolute Gasteiger partial charge is 0.486 e. The first-order valence-electron chi connectivity index (χ1n) is 9.20. The zero-order valence-electron chi connectivity index (χ0n) is 15.4. The van der Waals surface area contributed by atoms with Gasteiger partial charge in [-0.25, -0.2) is 9.50 Å². The van der Waals surface area contributed by atoms with Crippen molar-refractivity contribution in [2.75, 3.05) is 13.2 Å². The van der Waals surface area contributed by atoms with Gasteiger partial charge in [0.05, 0.1) is 18.3 Å². The lowest BCUT2D eigenvalue weighted by Gasteiger charge is -2.19. The molecule has 3 nitrogen and oxygen atoms in total. The Morgan fingerprint density at radius 2 is 1.86 bits per heavy atom. The highest BCUT2D eigenvalue weighted by Crippen LogP contribution is 2.43. The van der Waals surface area contributed by atoms with Crippen LogP contribution in [0.5, 0.6) is 5.75 Å². The van der Waals surface area contributed by atoms with Crippen molar-refractivity contribution in [1.29, 1.82) is 0 Å². The van der Waals surface area contributed by atoms with Gasteiger partial charge in [-0.2, -0.15) is 13.2 Å². The van der Waals surface area contributed by atoms with E-state index in [1.165, 1.54) is 6.07 Å². The summed E-state index contributed by atoms with van der Waals surface area (Å²) in [7, 11) is 0. The van der Waals surface area contributed by atoms with E-state index in [0.29, 0.717) is 30.8 Å². The Kier molecular flexibility index (Phi) is 6.25. The van der Waals surface area contributed by atoms with Gasteiger partial charge in [-0.15, -0.1) is 0 Å². The number of halogens is 4. The van der Waals surface area contributed by atoms with Crippen LogP contribution in [-0.2, 0) is 22.4 Å². The third-order valence-electron chi connectivity index (χ3n) is 4.86. The Bertz CT molecular complexity index is 797. The third kappa shape index (κ3) is 4.31. The van der Waals surface area contributed by atoms with Gasteiger partial charge in [0.2, 0.25) is 0 Å². The van der Waals surface area contributed by atoms with Crippen LogP contribution in [0.3, 0.4) is 0 Å². The topological polar surface area (TPSA) is 38.4 Å². The molecule has 2 aromatic rings. The van der Waals surface area contributed by atoms with Crippen LogP contribution in [0.4, 0.5) is 17.6 Å². The van der Waals surface area contributed by atoms with Crippen LogP contribution in [-0.4, -0.2) is 13.2 Å². The molecule has 0 saturated carbocycles. The van der Waals surface area contributed by atoms with E-state index in [4.69, 9.17) is 9.47 Å². The van der Waals surface area contributed by atoms with Gasteiger partial charge < -0.3 is 9.47 Å². The minimum Gasteiger partial charge on any atom is -0.486 e. The quantitative estimate of drug-likeness (QED) is 0.553. The van der Waals surface area contributed by atoms with Crippen LogP contribution in [0.15, 0.2) is 36.4 Å². The van der Waals surface area contributed by atoms with E-state index in [-0.39, 0.29) is 24.7 Å². The number of rotatable bonds is 7. The molecule has 1 radical (unpaired) electrons. The van der Waals surface area contributed by atoms with E-state index >= 15 is 0 Å². The number of hydrogen-bond acceptors (Lipinski definition) is 2. The smallest absolute Gasteiger partial charge is 0.419 e. The van der Waals surface area contributed by atoms with Crippen LogP contribution in [0.1, 0.15) is 54.2 Å². The van der Waals surface area contributed by atoms with E-state index in [1.54, 1.807) is 24.3 Å². The predicted octanol–water partition coefficient (Wildman–Crippen LogP) is 5.81. The third-order valence-corrected chi connectivity index (χ3v) is 4.86. The summed E-state index contributed by atoms with van der Waals surface area (Å²) in [5.74, 6) is -0.756. The van der Waals surface area contributed by atoms with Gasteiger partial charge in [0.25, 0.3) is 0 Å². The summed E-state index contributed by atoms with van der Waals surface area (Å²) in [6.07, 6.45) is -4.77. The summed E-state index contributed by atoms with van der Waals surface area (Å²) in [6, 6.07) is 9.20. The molecule has 1 aliphatic carbocycles. The van der Waals surface area contributed by atoms with Crippen molar-refractivity contribution in [2.45, 2.75) is 44.6 Å². The highest BCUT2D eigenvalue weighted by atomic mass is 19.4. The monoisotopic (exact) mass is 397 g/mol. The molecule has 151 valence electrons. The van der Waals surface area contributed by atoms with Crippen molar-refractivity contribution in [3.05, 3.63) is 64.5 Å². The number of benzene rings is 2. The fraction of sp³-hybridized carbons (Fsp3) is 0.429. The normalized spacial score (nSPS) is 17.4. The van der Waals surface area contributed by atoms with Crippen molar-refractivity contribution < 1.29 is 32.1 Å². The zero-order chi connectivity index (χ0) is 20.3. The Morgan fingerprint density at radius 1 is 1.14 bits per heavy atom. The molecule has 0 bridgehead atoms. The lowest BCUT2D eigenvalue weighted by Crippen LogP contribution is -2.13. The van der Waals surface area contributed by atoms with Crippen molar-refractivity contribution in [1.82, 2.24) is 0 Å². The zero-order valence-corrected chi connectivity index (χ0v) is 15.4.